The van der Waals surface area contributed by atoms with Gasteiger partial charge < -0.3 is 16.8 Å². The van der Waals surface area contributed by atoms with Crippen LogP contribution in [0.2, 0.25) is 0 Å². The lowest BCUT2D eigenvalue weighted by Gasteiger charge is -2.40. The number of fused-ring (bicyclic) bond motifs is 2. The molecule has 1 aliphatic heterocycles. The lowest BCUT2D eigenvalue weighted by Crippen LogP contribution is -2.52. The molecule has 2 aliphatic rings. The lowest BCUT2D eigenvalue weighted by molar-refractivity contribution is 0.0323. The molecule has 1 heterocycles. The second kappa shape index (κ2) is 11.2. The number of rotatable bonds is 7. The highest BCUT2D eigenvalue weighted by molar-refractivity contribution is 5.93. The maximum Gasteiger partial charge on any atom is 0.137 e. The van der Waals surface area contributed by atoms with Gasteiger partial charge in [0.25, 0.3) is 0 Å². The predicted octanol–water partition coefficient (Wildman–Crippen LogP) is 2.91. The maximum absolute atomic E-state index is 10.2. The molecule has 0 amide bonds. The van der Waals surface area contributed by atoms with Crippen LogP contribution >= 0.6 is 0 Å². The molecule has 1 aliphatic carbocycles. The molecule has 1 saturated heterocycles. The average Bonchev–Trinajstić information content (AvgIpc) is 2.89. The lowest BCUT2D eigenvalue weighted by atomic mass is 9.68. The van der Waals surface area contributed by atoms with Gasteiger partial charge in [-0.2, -0.15) is 5.26 Å². The zero-order valence-electron chi connectivity index (χ0n) is 21.4. The highest BCUT2D eigenvalue weighted by Crippen LogP contribution is 2.47. The van der Waals surface area contributed by atoms with E-state index in [9.17, 15) is 5.26 Å². The van der Waals surface area contributed by atoms with Gasteiger partial charge in [-0.1, -0.05) is 56.3 Å². The molecule has 36 heavy (non-hydrogen) atoms. The van der Waals surface area contributed by atoms with Gasteiger partial charge in [0.05, 0.1) is 17.3 Å². The van der Waals surface area contributed by atoms with Gasteiger partial charge in [0.1, 0.15) is 12.8 Å². The molecular formula is C28H37N7O. The van der Waals surface area contributed by atoms with Crippen LogP contribution in [0.5, 0.6) is 0 Å². The fraction of sp³-hybridized carbons (Fsp3) is 0.393. The van der Waals surface area contributed by atoms with Gasteiger partial charge in [-0.25, -0.2) is 10.9 Å². The minimum absolute atomic E-state index is 0.0925. The molecule has 190 valence electrons. The SMILES string of the molecule is CCC1=C2NOCNNC(CN)C2=CC(C)(/C(CCN)=C(/NC)c2ccc3ccccc3c2C#N)C1. The van der Waals surface area contributed by atoms with Gasteiger partial charge in [-0.15, -0.1) is 0 Å². The van der Waals surface area contributed by atoms with E-state index in [4.69, 9.17) is 16.3 Å². The van der Waals surface area contributed by atoms with Crippen LogP contribution in [0.4, 0.5) is 0 Å². The van der Waals surface area contributed by atoms with Crippen molar-refractivity contribution in [2.24, 2.45) is 16.9 Å². The highest BCUT2D eigenvalue weighted by atomic mass is 16.7. The molecule has 2 aromatic rings. The van der Waals surface area contributed by atoms with E-state index in [2.05, 4.69) is 53.7 Å². The zero-order chi connectivity index (χ0) is 25.7. The van der Waals surface area contributed by atoms with E-state index >= 15 is 0 Å². The fourth-order valence-corrected chi connectivity index (χ4v) is 5.57. The Bertz CT molecular complexity index is 1260. The number of hydrogen-bond acceptors (Lipinski definition) is 8. The maximum atomic E-state index is 10.2. The van der Waals surface area contributed by atoms with Crippen molar-refractivity contribution in [3.8, 4) is 6.07 Å². The van der Waals surface area contributed by atoms with Crippen LogP contribution in [0, 0.1) is 16.7 Å². The Morgan fingerprint density at radius 1 is 1.25 bits per heavy atom. The second-order valence-corrected chi connectivity index (χ2v) is 9.49. The van der Waals surface area contributed by atoms with E-state index in [1.165, 1.54) is 11.1 Å². The molecule has 0 radical (unpaired) electrons. The summed E-state index contributed by atoms with van der Waals surface area (Å²) in [4.78, 5) is 5.61. The molecule has 8 nitrogen and oxygen atoms in total. The number of nitrogens with two attached hydrogens (primary N) is 2. The summed E-state index contributed by atoms with van der Waals surface area (Å²) in [6.45, 7) is 5.66. The van der Waals surface area contributed by atoms with Crippen molar-refractivity contribution in [3.05, 3.63) is 76.0 Å². The van der Waals surface area contributed by atoms with Crippen LogP contribution in [0.3, 0.4) is 0 Å². The molecule has 8 N–H and O–H groups in total. The van der Waals surface area contributed by atoms with Crippen LogP contribution in [-0.2, 0) is 4.84 Å². The topological polar surface area (TPSA) is 133 Å². The summed E-state index contributed by atoms with van der Waals surface area (Å²) in [7, 11) is 1.92. The molecule has 2 unspecified atom stereocenters. The molecule has 0 spiro atoms. The smallest absolute Gasteiger partial charge is 0.137 e. The van der Waals surface area contributed by atoms with Gasteiger partial charge >= 0.3 is 0 Å². The van der Waals surface area contributed by atoms with E-state index in [0.717, 1.165) is 46.1 Å². The summed E-state index contributed by atoms with van der Waals surface area (Å²) in [6, 6.07) is 14.5. The number of nitriles is 1. The summed E-state index contributed by atoms with van der Waals surface area (Å²) in [6.07, 6.45) is 4.65. The molecule has 4 rings (SSSR count). The van der Waals surface area contributed by atoms with Crippen LogP contribution in [0.15, 0.2) is 64.9 Å². The van der Waals surface area contributed by atoms with Crippen molar-refractivity contribution >= 4 is 16.5 Å². The highest BCUT2D eigenvalue weighted by Gasteiger charge is 2.38. The molecule has 2 atom stereocenters. The number of hydrogen-bond donors (Lipinski definition) is 6. The number of benzene rings is 2. The third-order valence-electron chi connectivity index (χ3n) is 7.28. The average molecular weight is 488 g/mol. The first-order valence-electron chi connectivity index (χ1n) is 12.6. The van der Waals surface area contributed by atoms with Crippen LogP contribution in [0.1, 0.15) is 44.2 Å². The van der Waals surface area contributed by atoms with Crippen molar-refractivity contribution in [1.29, 1.82) is 5.26 Å². The van der Waals surface area contributed by atoms with Crippen molar-refractivity contribution in [2.75, 3.05) is 26.9 Å². The largest absolute Gasteiger partial charge is 0.388 e. The van der Waals surface area contributed by atoms with Gasteiger partial charge in [0, 0.05) is 35.7 Å². The summed E-state index contributed by atoms with van der Waals surface area (Å²) in [5.74, 6) is 0. The van der Waals surface area contributed by atoms with Crippen molar-refractivity contribution in [3.63, 3.8) is 0 Å². The Balaban J connectivity index is 1.95. The Labute approximate surface area is 213 Å². The number of allylic oxidation sites excluding steroid dienone is 2. The molecule has 8 heteroatoms. The Morgan fingerprint density at radius 3 is 2.75 bits per heavy atom. The molecular weight excluding hydrogens is 450 g/mol. The van der Waals surface area contributed by atoms with Gasteiger partial charge in [0.15, 0.2) is 0 Å². The first-order valence-corrected chi connectivity index (χ1v) is 12.6. The van der Waals surface area contributed by atoms with Crippen LogP contribution in [-0.4, -0.2) is 32.9 Å². The van der Waals surface area contributed by atoms with E-state index < -0.39 is 0 Å². The number of hydrazine groups is 1. The second-order valence-electron chi connectivity index (χ2n) is 9.49. The Hall–Kier alpha value is -3.19. The van der Waals surface area contributed by atoms with Gasteiger partial charge in [0.2, 0.25) is 0 Å². The van der Waals surface area contributed by atoms with Crippen molar-refractivity contribution < 1.29 is 4.84 Å². The number of nitrogens with zero attached hydrogens (tertiary/aromatic N) is 1. The molecule has 0 saturated carbocycles. The summed E-state index contributed by atoms with van der Waals surface area (Å²) >= 11 is 0. The first-order chi connectivity index (χ1) is 17.5. The summed E-state index contributed by atoms with van der Waals surface area (Å²) in [5, 5.41) is 15.7. The van der Waals surface area contributed by atoms with E-state index in [1.807, 2.05) is 37.4 Å². The number of hydroxylamine groups is 1. The van der Waals surface area contributed by atoms with E-state index in [0.29, 0.717) is 31.8 Å². The van der Waals surface area contributed by atoms with E-state index in [-0.39, 0.29) is 11.5 Å². The fourth-order valence-electron chi connectivity index (χ4n) is 5.57. The minimum atomic E-state index is -0.351. The third-order valence-corrected chi connectivity index (χ3v) is 7.28. The molecule has 1 fully saturated rings. The minimum Gasteiger partial charge on any atom is -0.388 e. The third kappa shape index (κ3) is 4.76. The van der Waals surface area contributed by atoms with Crippen molar-refractivity contribution in [1.82, 2.24) is 21.6 Å². The van der Waals surface area contributed by atoms with Gasteiger partial charge in [-0.3, -0.25) is 10.3 Å². The molecule has 0 aromatic heterocycles. The van der Waals surface area contributed by atoms with Gasteiger partial charge in [-0.05, 0) is 47.9 Å². The quantitative estimate of drug-likeness (QED) is 0.351. The normalized spacial score (nSPS) is 23.0. The number of nitrogens with one attached hydrogen (secondary N) is 4. The van der Waals surface area contributed by atoms with Crippen LogP contribution in [0.25, 0.3) is 16.5 Å². The van der Waals surface area contributed by atoms with Crippen LogP contribution < -0.4 is 33.1 Å². The summed E-state index contributed by atoms with van der Waals surface area (Å²) in [5.41, 5.74) is 28.6. The monoisotopic (exact) mass is 487 g/mol. The first kappa shape index (κ1) is 25.9. The summed E-state index contributed by atoms with van der Waals surface area (Å²) < 4.78 is 0. The zero-order valence-corrected chi connectivity index (χ0v) is 21.4. The van der Waals surface area contributed by atoms with E-state index in [1.54, 1.807) is 0 Å². The standard InChI is InChI=1S/C28H37N7O/c1-4-18-13-28(2,14-22-25(16-31)34-33-17-36-35-26(18)22)24(11-12-29)27(32-3)21-10-9-19-7-5-6-8-20(19)23(21)15-30/h5-10,14,25,32-35H,4,11-13,16-17,29,31H2,1-3H3/b27-24+. The van der Waals surface area contributed by atoms with Crippen molar-refractivity contribution in [2.45, 2.75) is 39.2 Å². The Morgan fingerprint density at radius 2 is 2.06 bits per heavy atom. The Kier molecular flexibility index (Phi) is 8.09. The molecule has 0 bridgehead atoms. The predicted molar refractivity (Wildman–Crippen MR) is 145 cm³/mol. The molecule has 2 aromatic carbocycles.